The van der Waals surface area contributed by atoms with Crippen molar-refractivity contribution in [2.75, 3.05) is 44.7 Å². The van der Waals surface area contributed by atoms with Gasteiger partial charge in [-0.1, -0.05) is 12.2 Å². The Bertz CT molecular complexity index is 620. The predicted octanol–water partition coefficient (Wildman–Crippen LogP) is 1.14. The van der Waals surface area contributed by atoms with Gasteiger partial charge in [0.05, 0.1) is 0 Å². The van der Waals surface area contributed by atoms with Gasteiger partial charge in [0.2, 0.25) is 5.91 Å². The Labute approximate surface area is 149 Å². The third-order valence-corrected chi connectivity index (χ3v) is 4.77. The van der Waals surface area contributed by atoms with E-state index in [1.54, 1.807) is 0 Å². The van der Waals surface area contributed by atoms with Crippen molar-refractivity contribution < 1.29 is 4.79 Å². The highest BCUT2D eigenvalue weighted by Gasteiger charge is 2.23. The second-order valence-electron chi connectivity index (χ2n) is 6.45. The number of hydrogen-bond donors (Lipinski definition) is 2. The van der Waals surface area contributed by atoms with Gasteiger partial charge in [-0.3, -0.25) is 14.7 Å². The number of aromatic nitrogens is 1. The van der Waals surface area contributed by atoms with Crippen LogP contribution in [0.15, 0.2) is 48.5 Å². The molecule has 1 aromatic heterocycles. The predicted molar refractivity (Wildman–Crippen MR) is 100 cm³/mol. The minimum Gasteiger partial charge on any atom is -0.369 e. The van der Waals surface area contributed by atoms with Gasteiger partial charge in [0.1, 0.15) is 0 Å². The summed E-state index contributed by atoms with van der Waals surface area (Å²) in [6.45, 7) is 4.87. The average Bonchev–Trinajstić information content (AvgIpc) is 2.68. The molecule has 1 aliphatic carbocycles. The van der Waals surface area contributed by atoms with Gasteiger partial charge in [-0.25, -0.2) is 0 Å². The van der Waals surface area contributed by atoms with E-state index in [2.05, 4.69) is 49.7 Å². The van der Waals surface area contributed by atoms with Crippen LogP contribution in [0.1, 0.15) is 12.8 Å². The summed E-state index contributed by atoms with van der Waals surface area (Å²) in [5.41, 5.74) is 2.17. The van der Waals surface area contributed by atoms with Crippen molar-refractivity contribution in [1.29, 1.82) is 0 Å². The van der Waals surface area contributed by atoms with E-state index in [0.717, 1.165) is 38.3 Å². The number of pyridine rings is 1. The SMILES string of the molecule is CNCCC(=O)NC1=CCC(N2CCN(c3ccncc3)CC2)C=C1. The Morgan fingerprint density at radius 2 is 2.00 bits per heavy atom. The lowest BCUT2D eigenvalue weighted by atomic mass is 10.0. The zero-order valence-electron chi connectivity index (χ0n) is 14.8. The van der Waals surface area contributed by atoms with E-state index in [-0.39, 0.29) is 5.91 Å². The first-order chi connectivity index (χ1) is 12.3. The number of piperazine rings is 1. The van der Waals surface area contributed by atoms with Crippen molar-refractivity contribution in [3.8, 4) is 0 Å². The third-order valence-electron chi connectivity index (χ3n) is 4.77. The van der Waals surface area contributed by atoms with Crippen molar-refractivity contribution in [1.82, 2.24) is 20.5 Å². The Morgan fingerprint density at radius 1 is 1.24 bits per heavy atom. The molecule has 3 rings (SSSR count). The number of nitrogens with zero attached hydrogens (tertiary/aromatic N) is 3. The van der Waals surface area contributed by atoms with Crippen molar-refractivity contribution in [2.24, 2.45) is 0 Å². The maximum atomic E-state index is 11.8. The maximum Gasteiger partial charge on any atom is 0.225 e. The Balaban J connectivity index is 1.45. The van der Waals surface area contributed by atoms with Gasteiger partial charge in [0.25, 0.3) is 0 Å². The normalized spacial score (nSPS) is 21.1. The van der Waals surface area contributed by atoms with E-state index in [9.17, 15) is 4.79 Å². The molecular weight excluding hydrogens is 314 g/mol. The molecule has 2 N–H and O–H groups in total. The zero-order chi connectivity index (χ0) is 17.5. The minimum absolute atomic E-state index is 0.0645. The summed E-state index contributed by atoms with van der Waals surface area (Å²) in [4.78, 5) is 20.8. The molecule has 1 aromatic rings. The smallest absolute Gasteiger partial charge is 0.225 e. The molecule has 2 aliphatic rings. The number of carbonyl (C=O) groups excluding carboxylic acids is 1. The van der Waals surface area contributed by atoms with E-state index >= 15 is 0 Å². The fraction of sp³-hybridized carbons (Fsp3) is 0.474. The highest BCUT2D eigenvalue weighted by atomic mass is 16.1. The standard InChI is InChI=1S/C19H27N5O/c1-20-9-8-19(25)22-16-2-4-17(5-3-16)23-12-14-24(15-13-23)18-6-10-21-11-7-18/h2-4,6-7,10-11,17,20H,5,8-9,12-15H2,1H3,(H,22,25). The molecule has 134 valence electrons. The molecule has 6 heteroatoms. The van der Waals surface area contributed by atoms with Crippen molar-refractivity contribution in [3.63, 3.8) is 0 Å². The molecule has 1 atom stereocenters. The van der Waals surface area contributed by atoms with Crippen molar-refractivity contribution in [3.05, 3.63) is 48.5 Å². The molecule has 1 amide bonds. The zero-order valence-corrected chi connectivity index (χ0v) is 14.8. The highest BCUT2D eigenvalue weighted by molar-refractivity contribution is 5.78. The van der Waals surface area contributed by atoms with Gasteiger partial charge < -0.3 is 15.5 Å². The van der Waals surface area contributed by atoms with E-state index in [4.69, 9.17) is 0 Å². The van der Waals surface area contributed by atoms with Gasteiger partial charge in [-0.05, 0) is 31.7 Å². The summed E-state index contributed by atoms with van der Waals surface area (Å²) < 4.78 is 0. The van der Waals surface area contributed by atoms with Crippen LogP contribution in [0.2, 0.25) is 0 Å². The van der Waals surface area contributed by atoms with Gasteiger partial charge in [-0.15, -0.1) is 0 Å². The van der Waals surface area contributed by atoms with E-state index < -0.39 is 0 Å². The number of amides is 1. The molecule has 0 radical (unpaired) electrons. The first-order valence-corrected chi connectivity index (χ1v) is 8.98. The molecule has 2 heterocycles. The molecule has 0 bridgehead atoms. The molecule has 1 saturated heterocycles. The molecule has 0 saturated carbocycles. The summed E-state index contributed by atoms with van der Waals surface area (Å²) in [7, 11) is 1.85. The summed E-state index contributed by atoms with van der Waals surface area (Å²) >= 11 is 0. The maximum absolute atomic E-state index is 11.8. The number of allylic oxidation sites excluding steroid dienone is 1. The van der Waals surface area contributed by atoms with Crippen LogP contribution in [0.4, 0.5) is 5.69 Å². The summed E-state index contributed by atoms with van der Waals surface area (Å²) in [5.74, 6) is 0.0645. The Kier molecular flexibility index (Phi) is 6.19. The van der Waals surface area contributed by atoms with Crippen LogP contribution in [0.25, 0.3) is 0 Å². The topological polar surface area (TPSA) is 60.5 Å². The van der Waals surface area contributed by atoms with E-state index in [1.807, 2.05) is 25.5 Å². The van der Waals surface area contributed by atoms with Gasteiger partial charge >= 0.3 is 0 Å². The van der Waals surface area contributed by atoms with Gasteiger partial charge in [-0.2, -0.15) is 0 Å². The quantitative estimate of drug-likeness (QED) is 0.813. The summed E-state index contributed by atoms with van der Waals surface area (Å²) in [6.07, 6.45) is 11.6. The lowest BCUT2D eigenvalue weighted by Crippen LogP contribution is -2.50. The number of rotatable bonds is 6. The van der Waals surface area contributed by atoms with Crippen molar-refractivity contribution >= 4 is 11.6 Å². The van der Waals surface area contributed by atoms with Crippen molar-refractivity contribution in [2.45, 2.75) is 18.9 Å². The Hall–Kier alpha value is -2.18. The van der Waals surface area contributed by atoms with Crippen LogP contribution in [-0.2, 0) is 4.79 Å². The molecular formula is C19H27N5O. The lowest BCUT2D eigenvalue weighted by molar-refractivity contribution is -0.120. The first kappa shape index (κ1) is 17.6. The summed E-state index contributed by atoms with van der Waals surface area (Å²) in [6, 6.07) is 4.57. The first-order valence-electron chi connectivity index (χ1n) is 8.98. The molecule has 6 nitrogen and oxygen atoms in total. The van der Waals surface area contributed by atoms with Crippen LogP contribution in [0.3, 0.4) is 0 Å². The second-order valence-corrected chi connectivity index (χ2v) is 6.45. The van der Waals surface area contributed by atoms with Crippen LogP contribution in [-0.4, -0.2) is 61.6 Å². The van der Waals surface area contributed by atoms with Crippen LogP contribution in [0.5, 0.6) is 0 Å². The highest BCUT2D eigenvalue weighted by Crippen LogP contribution is 2.20. The number of hydrogen-bond acceptors (Lipinski definition) is 5. The molecule has 1 fully saturated rings. The third kappa shape index (κ3) is 4.90. The number of carbonyl (C=O) groups is 1. The fourth-order valence-corrected chi connectivity index (χ4v) is 3.30. The number of nitrogens with one attached hydrogen (secondary N) is 2. The average molecular weight is 341 g/mol. The monoisotopic (exact) mass is 341 g/mol. The Morgan fingerprint density at radius 3 is 2.64 bits per heavy atom. The minimum atomic E-state index is 0.0645. The van der Waals surface area contributed by atoms with Crippen LogP contribution >= 0.6 is 0 Å². The van der Waals surface area contributed by atoms with E-state index in [0.29, 0.717) is 19.0 Å². The lowest BCUT2D eigenvalue weighted by Gasteiger charge is -2.39. The number of anilines is 1. The molecule has 0 spiro atoms. The molecule has 1 unspecified atom stereocenters. The molecule has 1 aliphatic heterocycles. The van der Waals surface area contributed by atoms with Crippen LogP contribution in [0, 0.1) is 0 Å². The largest absolute Gasteiger partial charge is 0.369 e. The van der Waals surface area contributed by atoms with Crippen LogP contribution < -0.4 is 15.5 Å². The summed E-state index contributed by atoms with van der Waals surface area (Å²) in [5, 5.41) is 5.96. The second kappa shape index (κ2) is 8.78. The molecule has 25 heavy (non-hydrogen) atoms. The van der Waals surface area contributed by atoms with Gasteiger partial charge in [0.15, 0.2) is 0 Å². The molecule has 0 aromatic carbocycles. The fourth-order valence-electron chi connectivity index (χ4n) is 3.30. The van der Waals surface area contributed by atoms with Gasteiger partial charge in [0, 0.05) is 69.0 Å². The van der Waals surface area contributed by atoms with E-state index in [1.165, 1.54) is 5.69 Å².